The Morgan fingerprint density at radius 3 is 3.00 bits per heavy atom. The molecule has 0 fully saturated rings. The van der Waals surface area contributed by atoms with Gasteiger partial charge in [-0.05, 0) is 33.6 Å². The van der Waals surface area contributed by atoms with E-state index in [0.717, 1.165) is 10.0 Å². The van der Waals surface area contributed by atoms with E-state index in [2.05, 4.69) is 26.2 Å². The molecule has 0 aliphatic carbocycles. The largest absolute Gasteiger partial charge is 0.357 e. The Balaban J connectivity index is 1.93. The van der Waals surface area contributed by atoms with Gasteiger partial charge in [-0.25, -0.2) is 0 Å². The highest BCUT2D eigenvalue weighted by Gasteiger charge is 2.07. The van der Waals surface area contributed by atoms with Gasteiger partial charge < -0.3 is 14.9 Å². The molecule has 0 saturated heterocycles. The van der Waals surface area contributed by atoms with Crippen LogP contribution in [-0.2, 0) is 13.6 Å². The van der Waals surface area contributed by atoms with E-state index in [-0.39, 0.29) is 5.91 Å². The summed E-state index contributed by atoms with van der Waals surface area (Å²) >= 11 is 3.29. The third kappa shape index (κ3) is 2.55. The van der Waals surface area contributed by atoms with Crippen LogP contribution in [0.25, 0.3) is 0 Å². The number of carbonyl (C=O) groups is 1. The predicted molar refractivity (Wildman–Crippen MR) is 65.1 cm³/mol. The van der Waals surface area contributed by atoms with Crippen LogP contribution in [0.15, 0.2) is 35.2 Å². The van der Waals surface area contributed by atoms with E-state index in [9.17, 15) is 4.79 Å². The fourth-order valence-electron chi connectivity index (χ4n) is 1.44. The molecule has 0 unspecified atom stereocenters. The minimum Gasteiger partial charge on any atom is -0.357 e. The van der Waals surface area contributed by atoms with E-state index in [1.807, 2.05) is 30.1 Å². The van der Waals surface area contributed by atoms with Crippen molar-refractivity contribution in [1.82, 2.24) is 14.9 Å². The SMILES string of the molecule is Cn1ccc(CNC(=O)c2cc(Br)c[nH]2)c1. The topological polar surface area (TPSA) is 49.8 Å². The molecule has 1 amide bonds. The molecule has 84 valence electrons. The number of nitrogens with zero attached hydrogens (tertiary/aromatic N) is 1. The molecule has 4 nitrogen and oxygen atoms in total. The van der Waals surface area contributed by atoms with Crippen LogP contribution < -0.4 is 5.32 Å². The number of carbonyl (C=O) groups excluding carboxylic acids is 1. The zero-order valence-electron chi connectivity index (χ0n) is 8.83. The number of rotatable bonds is 3. The summed E-state index contributed by atoms with van der Waals surface area (Å²) in [5.41, 5.74) is 1.64. The maximum Gasteiger partial charge on any atom is 0.268 e. The third-order valence-corrected chi connectivity index (χ3v) is 2.70. The minimum atomic E-state index is -0.102. The molecule has 5 heteroatoms. The highest BCUT2D eigenvalue weighted by Crippen LogP contribution is 2.10. The number of H-pyrrole nitrogens is 1. The van der Waals surface area contributed by atoms with Gasteiger partial charge in [0, 0.05) is 36.7 Å². The molecule has 16 heavy (non-hydrogen) atoms. The summed E-state index contributed by atoms with van der Waals surface area (Å²) in [6, 6.07) is 3.73. The monoisotopic (exact) mass is 281 g/mol. The van der Waals surface area contributed by atoms with Crippen LogP contribution in [0.1, 0.15) is 16.1 Å². The van der Waals surface area contributed by atoms with Crippen LogP contribution in [-0.4, -0.2) is 15.5 Å². The van der Waals surface area contributed by atoms with Crippen molar-refractivity contribution in [3.05, 3.63) is 46.5 Å². The predicted octanol–water partition coefficient (Wildman–Crippen LogP) is 2.05. The lowest BCUT2D eigenvalue weighted by molar-refractivity contribution is 0.0946. The van der Waals surface area contributed by atoms with Gasteiger partial charge in [0.1, 0.15) is 5.69 Å². The summed E-state index contributed by atoms with van der Waals surface area (Å²) in [5, 5.41) is 2.84. The molecule has 2 heterocycles. The van der Waals surface area contributed by atoms with Crippen molar-refractivity contribution in [2.75, 3.05) is 0 Å². The van der Waals surface area contributed by atoms with Crippen molar-refractivity contribution >= 4 is 21.8 Å². The number of halogens is 1. The second kappa shape index (κ2) is 4.57. The quantitative estimate of drug-likeness (QED) is 0.889. The molecule has 2 aromatic rings. The van der Waals surface area contributed by atoms with Gasteiger partial charge in [0.15, 0.2) is 0 Å². The molecule has 0 spiro atoms. The molecule has 2 N–H and O–H groups in total. The molecule has 0 atom stereocenters. The van der Waals surface area contributed by atoms with Crippen molar-refractivity contribution in [3.63, 3.8) is 0 Å². The molecule has 2 rings (SSSR count). The lowest BCUT2D eigenvalue weighted by Crippen LogP contribution is -2.22. The number of hydrogen-bond acceptors (Lipinski definition) is 1. The standard InChI is InChI=1S/C11H12BrN3O/c1-15-3-2-8(7-15)5-14-11(16)10-4-9(12)6-13-10/h2-4,6-7,13H,5H2,1H3,(H,14,16). The number of amides is 1. The highest BCUT2D eigenvalue weighted by molar-refractivity contribution is 9.10. The fraction of sp³-hybridized carbons (Fsp3) is 0.182. The highest BCUT2D eigenvalue weighted by atomic mass is 79.9. The first kappa shape index (κ1) is 11.0. The van der Waals surface area contributed by atoms with Crippen LogP contribution in [0.4, 0.5) is 0 Å². The fourth-order valence-corrected chi connectivity index (χ4v) is 1.79. The molecule has 0 aliphatic rings. The Morgan fingerprint density at radius 2 is 2.44 bits per heavy atom. The van der Waals surface area contributed by atoms with Crippen LogP contribution in [0.3, 0.4) is 0 Å². The van der Waals surface area contributed by atoms with Crippen LogP contribution >= 0.6 is 15.9 Å². The van der Waals surface area contributed by atoms with Gasteiger partial charge >= 0.3 is 0 Å². The van der Waals surface area contributed by atoms with Crippen molar-refractivity contribution in [2.24, 2.45) is 7.05 Å². The van der Waals surface area contributed by atoms with Crippen LogP contribution in [0.5, 0.6) is 0 Å². The Morgan fingerprint density at radius 1 is 1.62 bits per heavy atom. The Kier molecular flexibility index (Phi) is 3.14. The average molecular weight is 282 g/mol. The van der Waals surface area contributed by atoms with E-state index in [1.165, 1.54) is 0 Å². The molecule has 0 aliphatic heterocycles. The smallest absolute Gasteiger partial charge is 0.268 e. The van der Waals surface area contributed by atoms with Gasteiger partial charge in [-0.3, -0.25) is 4.79 Å². The molecular weight excluding hydrogens is 270 g/mol. The normalized spacial score (nSPS) is 10.4. The zero-order chi connectivity index (χ0) is 11.5. The van der Waals surface area contributed by atoms with E-state index < -0.39 is 0 Å². The summed E-state index contributed by atoms with van der Waals surface area (Å²) in [4.78, 5) is 14.6. The first-order valence-electron chi connectivity index (χ1n) is 4.88. The first-order chi connectivity index (χ1) is 7.65. The molecule has 0 bridgehead atoms. The van der Waals surface area contributed by atoms with Crippen molar-refractivity contribution in [3.8, 4) is 0 Å². The van der Waals surface area contributed by atoms with Crippen molar-refractivity contribution in [2.45, 2.75) is 6.54 Å². The average Bonchev–Trinajstić information content (AvgIpc) is 2.84. The van der Waals surface area contributed by atoms with Crippen LogP contribution in [0, 0.1) is 0 Å². The van der Waals surface area contributed by atoms with E-state index in [1.54, 1.807) is 12.3 Å². The molecule has 0 aromatic carbocycles. The van der Waals surface area contributed by atoms with Crippen molar-refractivity contribution < 1.29 is 4.79 Å². The van der Waals surface area contributed by atoms with E-state index >= 15 is 0 Å². The Labute approximate surface area is 102 Å². The molecule has 0 saturated carbocycles. The van der Waals surface area contributed by atoms with E-state index in [0.29, 0.717) is 12.2 Å². The summed E-state index contributed by atoms with van der Waals surface area (Å²) < 4.78 is 2.82. The van der Waals surface area contributed by atoms with Gasteiger partial charge in [0.25, 0.3) is 5.91 Å². The number of hydrogen-bond donors (Lipinski definition) is 2. The number of aromatic amines is 1. The number of nitrogens with one attached hydrogen (secondary N) is 2. The minimum absolute atomic E-state index is 0.102. The van der Waals surface area contributed by atoms with Gasteiger partial charge in [0.05, 0.1) is 0 Å². The Bertz CT molecular complexity index is 501. The number of aryl methyl sites for hydroxylation is 1. The lowest BCUT2D eigenvalue weighted by Gasteiger charge is -2.01. The number of aromatic nitrogens is 2. The van der Waals surface area contributed by atoms with Gasteiger partial charge in [0.2, 0.25) is 0 Å². The maximum atomic E-state index is 11.7. The molecule has 0 radical (unpaired) electrons. The van der Waals surface area contributed by atoms with Gasteiger partial charge in [-0.1, -0.05) is 0 Å². The Hall–Kier alpha value is -1.49. The van der Waals surface area contributed by atoms with Gasteiger partial charge in [-0.15, -0.1) is 0 Å². The van der Waals surface area contributed by atoms with Crippen molar-refractivity contribution in [1.29, 1.82) is 0 Å². The summed E-state index contributed by atoms with van der Waals surface area (Å²) in [6.45, 7) is 0.538. The molecular formula is C11H12BrN3O. The molecule has 2 aromatic heterocycles. The zero-order valence-corrected chi connectivity index (χ0v) is 10.4. The summed E-state index contributed by atoms with van der Waals surface area (Å²) in [7, 11) is 1.95. The lowest BCUT2D eigenvalue weighted by atomic mass is 10.3. The summed E-state index contributed by atoms with van der Waals surface area (Å²) in [5.74, 6) is -0.102. The second-order valence-corrected chi connectivity index (χ2v) is 4.52. The van der Waals surface area contributed by atoms with Crippen LogP contribution in [0.2, 0.25) is 0 Å². The van der Waals surface area contributed by atoms with E-state index in [4.69, 9.17) is 0 Å². The van der Waals surface area contributed by atoms with Gasteiger partial charge in [-0.2, -0.15) is 0 Å². The summed E-state index contributed by atoms with van der Waals surface area (Å²) in [6.07, 6.45) is 5.66. The second-order valence-electron chi connectivity index (χ2n) is 3.60. The first-order valence-corrected chi connectivity index (χ1v) is 5.67. The maximum absolute atomic E-state index is 11.7. The third-order valence-electron chi connectivity index (χ3n) is 2.24.